The molecule has 0 saturated carbocycles. The van der Waals surface area contributed by atoms with Crippen molar-refractivity contribution in [1.29, 1.82) is 0 Å². The highest BCUT2D eigenvalue weighted by Crippen LogP contribution is 2.32. The van der Waals surface area contributed by atoms with Gasteiger partial charge in [-0.05, 0) is 24.3 Å². The Kier molecular flexibility index (Phi) is 4.74. The minimum atomic E-state index is -4.00. The number of nitrogens with one attached hydrogen (secondary N) is 2. The van der Waals surface area contributed by atoms with Gasteiger partial charge >= 0.3 is 5.76 Å². The molecule has 1 heterocycles. The van der Waals surface area contributed by atoms with Crippen LogP contribution < -0.4 is 15.3 Å². The number of sulfonamides is 1. The molecule has 26 heavy (non-hydrogen) atoms. The van der Waals surface area contributed by atoms with Crippen molar-refractivity contribution in [3.8, 4) is 11.5 Å². The van der Waals surface area contributed by atoms with Crippen LogP contribution in [-0.4, -0.2) is 31.8 Å². The SMILES string of the molecule is COc1cc(Br)cc(/C=N/NS(=O)(=O)c2ccc3[nH]c(=O)oc3c2)c1O. The number of hydrogen-bond acceptors (Lipinski definition) is 7. The molecule has 0 aliphatic carbocycles. The minimum absolute atomic E-state index is 0.108. The largest absolute Gasteiger partial charge is 0.504 e. The summed E-state index contributed by atoms with van der Waals surface area (Å²) in [6.45, 7) is 0. The standard InChI is InChI=1S/C15H12BrN3O6S/c1-24-13-5-9(16)4-8(14(13)20)7-17-19-26(22,23)10-2-3-11-12(6-10)25-15(21)18-11/h2-7,19-20H,1H3,(H,18,21)/b17-7+. The van der Waals surface area contributed by atoms with Gasteiger partial charge in [-0.25, -0.2) is 9.63 Å². The van der Waals surface area contributed by atoms with Crippen LogP contribution in [0.2, 0.25) is 0 Å². The van der Waals surface area contributed by atoms with E-state index in [9.17, 15) is 18.3 Å². The first-order valence-electron chi connectivity index (χ1n) is 7.04. The normalized spacial score (nSPS) is 11.9. The molecular formula is C15H12BrN3O6S. The Morgan fingerprint density at radius 1 is 1.35 bits per heavy atom. The maximum atomic E-state index is 12.3. The summed E-state index contributed by atoms with van der Waals surface area (Å²) in [5, 5.41) is 13.7. The van der Waals surface area contributed by atoms with Crippen molar-refractivity contribution in [2.45, 2.75) is 4.90 Å². The number of aromatic nitrogens is 1. The Hall–Kier alpha value is -2.79. The lowest BCUT2D eigenvalue weighted by Gasteiger charge is -2.07. The van der Waals surface area contributed by atoms with E-state index in [0.29, 0.717) is 9.99 Å². The van der Waals surface area contributed by atoms with Crippen molar-refractivity contribution in [2.24, 2.45) is 5.10 Å². The number of oxazole rings is 1. The molecule has 11 heteroatoms. The molecule has 0 aliphatic heterocycles. The van der Waals surface area contributed by atoms with Gasteiger partial charge in [0, 0.05) is 16.1 Å². The summed E-state index contributed by atoms with van der Waals surface area (Å²) in [5.74, 6) is -0.662. The Balaban J connectivity index is 1.86. The van der Waals surface area contributed by atoms with Gasteiger partial charge in [0.05, 0.1) is 23.7 Å². The van der Waals surface area contributed by atoms with Gasteiger partial charge in [0.25, 0.3) is 10.0 Å². The maximum Gasteiger partial charge on any atom is 0.417 e. The molecule has 0 saturated heterocycles. The highest BCUT2D eigenvalue weighted by molar-refractivity contribution is 9.10. The lowest BCUT2D eigenvalue weighted by atomic mass is 10.2. The topological polar surface area (TPSA) is 134 Å². The van der Waals surface area contributed by atoms with Crippen molar-refractivity contribution in [2.75, 3.05) is 7.11 Å². The van der Waals surface area contributed by atoms with Crippen LogP contribution in [0.3, 0.4) is 0 Å². The van der Waals surface area contributed by atoms with E-state index >= 15 is 0 Å². The first-order chi connectivity index (χ1) is 12.3. The second kappa shape index (κ2) is 6.84. The number of H-pyrrole nitrogens is 1. The van der Waals surface area contributed by atoms with Crippen LogP contribution in [0.4, 0.5) is 0 Å². The summed E-state index contributed by atoms with van der Waals surface area (Å²) >= 11 is 3.25. The van der Waals surface area contributed by atoms with Gasteiger partial charge < -0.3 is 14.3 Å². The van der Waals surface area contributed by atoms with Crippen molar-refractivity contribution in [3.63, 3.8) is 0 Å². The van der Waals surface area contributed by atoms with E-state index in [-0.39, 0.29) is 27.5 Å². The predicted octanol–water partition coefficient (Wildman–Crippen LogP) is 1.91. The summed E-state index contributed by atoms with van der Waals surface area (Å²) in [5.41, 5.74) is 0.728. The second-order valence-corrected chi connectivity index (χ2v) is 7.65. The molecule has 3 aromatic rings. The first kappa shape index (κ1) is 18.0. The molecule has 0 amide bonds. The zero-order chi connectivity index (χ0) is 18.9. The third-order valence-corrected chi connectivity index (χ3v) is 5.05. The van der Waals surface area contributed by atoms with E-state index < -0.39 is 15.8 Å². The van der Waals surface area contributed by atoms with Crippen LogP contribution in [0.1, 0.15) is 5.56 Å². The number of phenols is 1. The number of hydrazone groups is 1. The van der Waals surface area contributed by atoms with Crippen LogP contribution >= 0.6 is 15.9 Å². The van der Waals surface area contributed by atoms with Gasteiger partial charge in [-0.1, -0.05) is 15.9 Å². The van der Waals surface area contributed by atoms with Crippen molar-refractivity contribution >= 4 is 43.3 Å². The smallest absolute Gasteiger partial charge is 0.417 e. The van der Waals surface area contributed by atoms with Crippen LogP contribution in [0.5, 0.6) is 11.5 Å². The lowest BCUT2D eigenvalue weighted by Crippen LogP contribution is -2.18. The number of halogens is 1. The van der Waals surface area contributed by atoms with E-state index in [1.807, 2.05) is 4.83 Å². The molecule has 3 rings (SSSR count). The molecule has 136 valence electrons. The first-order valence-corrected chi connectivity index (χ1v) is 9.32. The van der Waals surface area contributed by atoms with Gasteiger partial charge in [-0.2, -0.15) is 13.5 Å². The zero-order valence-corrected chi connectivity index (χ0v) is 15.6. The number of hydrogen-bond donors (Lipinski definition) is 3. The summed E-state index contributed by atoms with van der Waals surface area (Å²) < 4.78 is 35.1. The number of rotatable bonds is 5. The van der Waals surface area contributed by atoms with Gasteiger partial charge in [0.1, 0.15) is 0 Å². The van der Waals surface area contributed by atoms with Crippen molar-refractivity contribution in [3.05, 3.63) is 50.9 Å². The van der Waals surface area contributed by atoms with Crippen LogP contribution in [0.15, 0.2) is 54.0 Å². The molecule has 0 atom stereocenters. The van der Waals surface area contributed by atoms with E-state index in [2.05, 4.69) is 26.0 Å². The molecule has 0 aliphatic rings. The van der Waals surface area contributed by atoms with Crippen LogP contribution in [0, 0.1) is 0 Å². The Labute approximate surface area is 155 Å². The highest BCUT2D eigenvalue weighted by Gasteiger charge is 2.15. The third kappa shape index (κ3) is 3.58. The lowest BCUT2D eigenvalue weighted by molar-refractivity contribution is 0.373. The number of fused-ring (bicyclic) bond motifs is 1. The second-order valence-electron chi connectivity index (χ2n) is 5.07. The van der Waals surface area contributed by atoms with Crippen LogP contribution in [-0.2, 0) is 10.0 Å². The molecule has 0 radical (unpaired) electrons. The number of methoxy groups -OCH3 is 1. The van der Waals surface area contributed by atoms with Gasteiger partial charge in [-0.15, -0.1) is 0 Å². The van der Waals surface area contributed by atoms with Crippen molar-refractivity contribution < 1.29 is 22.7 Å². The Morgan fingerprint density at radius 3 is 2.85 bits per heavy atom. The zero-order valence-electron chi connectivity index (χ0n) is 13.2. The monoisotopic (exact) mass is 441 g/mol. The molecule has 0 spiro atoms. The van der Waals surface area contributed by atoms with Gasteiger partial charge in [0.15, 0.2) is 17.1 Å². The van der Waals surface area contributed by atoms with E-state index in [0.717, 1.165) is 6.21 Å². The Morgan fingerprint density at radius 2 is 2.12 bits per heavy atom. The molecular weight excluding hydrogens is 430 g/mol. The molecule has 3 N–H and O–H groups in total. The number of aromatic amines is 1. The van der Waals surface area contributed by atoms with Crippen molar-refractivity contribution in [1.82, 2.24) is 9.82 Å². The summed E-state index contributed by atoms with van der Waals surface area (Å²) in [4.78, 5) is 15.4. The summed E-state index contributed by atoms with van der Waals surface area (Å²) in [6, 6.07) is 6.99. The fourth-order valence-corrected chi connectivity index (χ4v) is 3.42. The van der Waals surface area contributed by atoms with E-state index in [4.69, 9.17) is 9.15 Å². The molecule has 2 aromatic carbocycles. The maximum absolute atomic E-state index is 12.3. The average Bonchev–Trinajstić information content (AvgIpc) is 2.96. The van der Waals surface area contributed by atoms with E-state index in [1.165, 1.54) is 31.4 Å². The van der Waals surface area contributed by atoms with Gasteiger partial charge in [0.2, 0.25) is 0 Å². The van der Waals surface area contributed by atoms with E-state index in [1.54, 1.807) is 6.07 Å². The number of benzene rings is 2. The fourth-order valence-electron chi connectivity index (χ4n) is 2.16. The molecule has 9 nitrogen and oxygen atoms in total. The quantitative estimate of drug-likeness (QED) is 0.408. The van der Waals surface area contributed by atoms with Gasteiger partial charge in [-0.3, -0.25) is 4.98 Å². The molecule has 0 bridgehead atoms. The number of phenolic OH excluding ortho intramolecular Hbond substituents is 1. The number of nitrogens with zero attached hydrogens (tertiary/aromatic N) is 1. The number of aromatic hydroxyl groups is 1. The fraction of sp³-hybridized carbons (Fsp3) is 0.0667. The molecule has 1 aromatic heterocycles. The molecule has 0 unspecified atom stereocenters. The summed E-state index contributed by atoms with van der Waals surface area (Å²) in [6.07, 6.45) is 1.13. The van der Waals surface area contributed by atoms with Crippen LogP contribution in [0.25, 0.3) is 11.1 Å². The highest BCUT2D eigenvalue weighted by atomic mass is 79.9. The number of ether oxygens (including phenoxy) is 1. The third-order valence-electron chi connectivity index (χ3n) is 3.37. The Bertz CT molecular complexity index is 1170. The minimum Gasteiger partial charge on any atom is -0.504 e. The predicted molar refractivity (Wildman–Crippen MR) is 97.1 cm³/mol. The summed E-state index contributed by atoms with van der Waals surface area (Å²) in [7, 11) is -2.61. The molecule has 0 fully saturated rings. The average molecular weight is 442 g/mol.